The molecule has 0 fully saturated rings. The first-order valence-electron chi connectivity index (χ1n) is 6.94. The summed E-state index contributed by atoms with van der Waals surface area (Å²) in [5.74, 6) is 0.549. The average Bonchev–Trinajstić information content (AvgIpc) is 3.17. The maximum Gasteiger partial charge on any atom is 0.251 e. The van der Waals surface area contributed by atoms with Crippen LogP contribution in [0.1, 0.15) is 16.2 Å². The van der Waals surface area contributed by atoms with Crippen LogP contribution in [0.15, 0.2) is 48.8 Å². The van der Waals surface area contributed by atoms with E-state index in [0.717, 1.165) is 16.4 Å². The van der Waals surface area contributed by atoms with Gasteiger partial charge in [-0.3, -0.25) is 4.79 Å². The van der Waals surface area contributed by atoms with E-state index in [2.05, 4.69) is 25.3 Å². The zero-order chi connectivity index (χ0) is 14.9. The molecule has 0 spiro atoms. The van der Waals surface area contributed by atoms with Crippen LogP contribution in [0, 0.1) is 0 Å². The molecule has 0 aliphatic heterocycles. The highest BCUT2D eigenvalue weighted by molar-refractivity contribution is 5.97. The molecule has 0 atom stereocenters. The van der Waals surface area contributed by atoms with E-state index >= 15 is 0 Å². The van der Waals surface area contributed by atoms with E-state index in [1.807, 2.05) is 42.6 Å². The number of amides is 1. The summed E-state index contributed by atoms with van der Waals surface area (Å²) in [7, 11) is 0. The van der Waals surface area contributed by atoms with Crippen LogP contribution in [0.3, 0.4) is 0 Å². The Kier molecular flexibility index (Phi) is 2.86. The fourth-order valence-corrected chi connectivity index (χ4v) is 2.43. The number of nitrogens with zero attached hydrogens (tertiary/aromatic N) is 2. The molecule has 4 rings (SSSR count). The van der Waals surface area contributed by atoms with Crippen LogP contribution in [0.25, 0.3) is 22.1 Å². The molecule has 1 amide bonds. The number of carbonyl (C=O) groups is 1. The molecule has 22 heavy (non-hydrogen) atoms. The number of nitrogens with one attached hydrogen (secondary N) is 3. The summed E-state index contributed by atoms with van der Waals surface area (Å²) in [6.07, 6.45) is 3.55. The van der Waals surface area contributed by atoms with Crippen LogP contribution in [0.5, 0.6) is 0 Å². The number of rotatable bonds is 3. The van der Waals surface area contributed by atoms with Crippen LogP contribution in [0.2, 0.25) is 0 Å². The van der Waals surface area contributed by atoms with E-state index in [-0.39, 0.29) is 5.91 Å². The predicted molar refractivity (Wildman–Crippen MR) is 83.4 cm³/mol. The van der Waals surface area contributed by atoms with E-state index < -0.39 is 0 Å². The second-order valence-electron chi connectivity index (χ2n) is 5.02. The summed E-state index contributed by atoms with van der Waals surface area (Å²) in [5, 5.41) is 3.94. The molecule has 0 saturated heterocycles. The molecule has 0 aliphatic rings. The number of imidazole rings is 1. The van der Waals surface area contributed by atoms with Crippen LogP contribution >= 0.6 is 0 Å². The zero-order valence-corrected chi connectivity index (χ0v) is 11.6. The van der Waals surface area contributed by atoms with E-state index in [4.69, 9.17) is 0 Å². The second-order valence-corrected chi connectivity index (χ2v) is 5.02. The van der Waals surface area contributed by atoms with Gasteiger partial charge in [-0.1, -0.05) is 6.07 Å². The molecule has 0 radical (unpaired) electrons. The molecule has 0 aliphatic carbocycles. The van der Waals surface area contributed by atoms with Gasteiger partial charge < -0.3 is 15.3 Å². The fourth-order valence-electron chi connectivity index (χ4n) is 2.43. The van der Waals surface area contributed by atoms with Gasteiger partial charge in [0.25, 0.3) is 5.91 Å². The summed E-state index contributed by atoms with van der Waals surface area (Å²) in [6.45, 7) is 0.331. The van der Waals surface area contributed by atoms with Crippen molar-refractivity contribution < 1.29 is 4.79 Å². The van der Waals surface area contributed by atoms with Crippen molar-refractivity contribution >= 4 is 28.0 Å². The molecule has 0 saturated carbocycles. The van der Waals surface area contributed by atoms with Crippen molar-refractivity contribution in [3.63, 3.8) is 0 Å². The van der Waals surface area contributed by atoms with Crippen molar-refractivity contribution in [1.29, 1.82) is 0 Å². The largest absolute Gasteiger partial charge is 0.361 e. The summed E-state index contributed by atoms with van der Waals surface area (Å²) >= 11 is 0. The molecule has 6 heteroatoms. The van der Waals surface area contributed by atoms with Gasteiger partial charge in [0.15, 0.2) is 5.65 Å². The number of fused-ring (bicyclic) bond motifs is 2. The number of hydrogen-bond acceptors (Lipinski definition) is 3. The van der Waals surface area contributed by atoms with Crippen LogP contribution in [0.4, 0.5) is 0 Å². The first-order valence-corrected chi connectivity index (χ1v) is 6.94. The molecular formula is C16H13N5O. The Hall–Kier alpha value is -3.15. The quantitative estimate of drug-likeness (QED) is 0.541. The minimum absolute atomic E-state index is 0.134. The highest BCUT2D eigenvalue weighted by Crippen LogP contribution is 2.14. The van der Waals surface area contributed by atoms with E-state index in [1.165, 1.54) is 0 Å². The van der Waals surface area contributed by atoms with Gasteiger partial charge in [0.1, 0.15) is 5.82 Å². The third-order valence-electron chi connectivity index (χ3n) is 3.54. The summed E-state index contributed by atoms with van der Waals surface area (Å²) in [6, 6.07) is 11.3. The number of aromatic amines is 2. The second kappa shape index (κ2) is 5.00. The van der Waals surface area contributed by atoms with Crippen molar-refractivity contribution in [2.75, 3.05) is 0 Å². The first-order chi connectivity index (χ1) is 10.8. The zero-order valence-electron chi connectivity index (χ0n) is 11.6. The normalized spacial score (nSPS) is 11.1. The Morgan fingerprint density at radius 3 is 3.05 bits per heavy atom. The summed E-state index contributed by atoms with van der Waals surface area (Å²) in [4.78, 5) is 26.9. The lowest BCUT2D eigenvalue weighted by Crippen LogP contribution is -2.23. The Balaban J connectivity index is 1.51. The highest BCUT2D eigenvalue weighted by Gasteiger charge is 2.08. The van der Waals surface area contributed by atoms with E-state index in [9.17, 15) is 4.79 Å². The van der Waals surface area contributed by atoms with E-state index in [0.29, 0.717) is 23.6 Å². The lowest BCUT2D eigenvalue weighted by atomic mass is 10.1. The topological polar surface area (TPSA) is 86.5 Å². The smallest absolute Gasteiger partial charge is 0.251 e. The van der Waals surface area contributed by atoms with Gasteiger partial charge in [-0.15, -0.1) is 0 Å². The molecule has 3 N–H and O–H groups in total. The minimum Gasteiger partial charge on any atom is -0.361 e. The van der Waals surface area contributed by atoms with Crippen molar-refractivity contribution in [2.24, 2.45) is 0 Å². The van der Waals surface area contributed by atoms with Crippen molar-refractivity contribution in [3.8, 4) is 0 Å². The van der Waals surface area contributed by atoms with Gasteiger partial charge >= 0.3 is 0 Å². The Morgan fingerprint density at radius 2 is 2.14 bits per heavy atom. The number of aromatic nitrogens is 4. The monoisotopic (exact) mass is 291 g/mol. The molecule has 3 heterocycles. The fraction of sp³-hybridized carbons (Fsp3) is 0.0625. The predicted octanol–water partition coefficient (Wildman–Crippen LogP) is 2.37. The standard InChI is InChI=1S/C16H13N5O/c22-16(11-4-3-10-5-7-17-13(10)8-11)19-9-14-20-12-2-1-6-18-15(12)21-14/h1-8,17H,9H2,(H,19,22)(H,18,20,21). The maximum absolute atomic E-state index is 12.2. The van der Waals surface area contributed by atoms with Gasteiger partial charge in [-0.25, -0.2) is 9.97 Å². The molecule has 3 aromatic heterocycles. The molecule has 0 bridgehead atoms. The van der Waals surface area contributed by atoms with E-state index in [1.54, 1.807) is 6.20 Å². The third-order valence-corrected chi connectivity index (χ3v) is 3.54. The SMILES string of the molecule is O=C(NCc1nc2ncccc2[nH]1)c1ccc2cc[nH]c2c1. The number of pyridine rings is 1. The summed E-state index contributed by atoms with van der Waals surface area (Å²) in [5.41, 5.74) is 3.07. The lowest BCUT2D eigenvalue weighted by Gasteiger charge is -2.03. The van der Waals surface area contributed by atoms with Crippen molar-refractivity contribution in [1.82, 2.24) is 25.3 Å². The first kappa shape index (κ1) is 12.6. The van der Waals surface area contributed by atoms with Crippen LogP contribution < -0.4 is 5.32 Å². The van der Waals surface area contributed by atoms with Crippen LogP contribution in [-0.4, -0.2) is 25.8 Å². The van der Waals surface area contributed by atoms with Gasteiger partial charge in [-0.05, 0) is 35.7 Å². The Labute approximate surface area is 125 Å². The molecule has 0 unspecified atom stereocenters. The van der Waals surface area contributed by atoms with Gasteiger partial charge in [-0.2, -0.15) is 0 Å². The molecule has 4 aromatic rings. The molecule has 1 aromatic carbocycles. The maximum atomic E-state index is 12.2. The van der Waals surface area contributed by atoms with Crippen LogP contribution in [-0.2, 0) is 6.54 Å². The van der Waals surface area contributed by atoms with Gasteiger partial charge in [0.2, 0.25) is 0 Å². The van der Waals surface area contributed by atoms with Gasteiger partial charge in [0.05, 0.1) is 12.1 Å². The average molecular weight is 291 g/mol. The Bertz CT molecular complexity index is 936. The number of H-pyrrole nitrogens is 2. The minimum atomic E-state index is -0.134. The van der Waals surface area contributed by atoms with Gasteiger partial charge in [0, 0.05) is 23.5 Å². The lowest BCUT2D eigenvalue weighted by molar-refractivity contribution is 0.0950. The highest BCUT2D eigenvalue weighted by atomic mass is 16.1. The molecule has 6 nitrogen and oxygen atoms in total. The number of hydrogen-bond donors (Lipinski definition) is 3. The Morgan fingerprint density at radius 1 is 1.18 bits per heavy atom. The third kappa shape index (κ3) is 2.20. The van der Waals surface area contributed by atoms with Crippen molar-refractivity contribution in [2.45, 2.75) is 6.54 Å². The summed E-state index contributed by atoms with van der Waals surface area (Å²) < 4.78 is 0. The number of benzene rings is 1. The number of carbonyl (C=O) groups excluding carboxylic acids is 1. The molecular weight excluding hydrogens is 278 g/mol. The van der Waals surface area contributed by atoms with Crippen molar-refractivity contribution in [3.05, 3.63) is 60.2 Å². The molecule has 108 valence electrons.